The van der Waals surface area contributed by atoms with Crippen molar-refractivity contribution in [2.75, 3.05) is 16.3 Å². The van der Waals surface area contributed by atoms with Crippen LogP contribution in [0.2, 0.25) is 0 Å². The topological polar surface area (TPSA) is 84.0 Å². The molecule has 0 radical (unpaired) electrons. The summed E-state index contributed by atoms with van der Waals surface area (Å²) in [5, 5.41) is 0. The van der Waals surface area contributed by atoms with Gasteiger partial charge in [-0.2, -0.15) is 0 Å². The first kappa shape index (κ1) is 21.1. The first-order chi connectivity index (χ1) is 16.4. The zero-order valence-electron chi connectivity index (χ0n) is 19.0. The van der Waals surface area contributed by atoms with E-state index in [0.29, 0.717) is 28.8 Å². The van der Waals surface area contributed by atoms with Crippen LogP contribution in [0.4, 0.5) is 11.4 Å². The molecule has 34 heavy (non-hydrogen) atoms. The van der Waals surface area contributed by atoms with Crippen LogP contribution in [-0.2, 0) is 19.2 Å². The van der Waals surface area contributed by atoms with Gasteiger partial charge in [-0.1, -0.05) is 18.2 Å². The normalized spacial score (nSPS) is 29.8. The maximum Gasteiger partial charge on any atom is 0.316 e. The minimum absolute atomic E-state index is 0.0829. The molecular formula is C27H26N2O5. The van der Waals surface area contributed by atoms with Crippen LogP contribution in [0.3, 0.4) is 0 Å². The van der Waals surface area contributed by atoms with E-state index in [9.17, 15) is 19.2 Å². The third-order valence-corrected chi connectivity index (χ3v) is 8.08. The zero-order chi connectivity index (χ0) is 23.6. The lowest BCUT2D eigenvalue weighted by molar-refractivity contribution is -0.139. The molecule has 6 rings (SSSR count). The van der Waals surface area contributed by atoms with Crippen LogP contribution in [0.5, 0.6) is 5.75 Å². The maximum atomic E-state index is 13.1. The summed E-state index contributed by atoms with van der Waals surface area (Å²) in [6, 6.07) is 14.3. The number of carbonyl (C=O) groups is 4. The molecule has 4 fully saturated rings. The Balaban J connectivity index is 1.16. The predicted molar refractivity (Wildman–Crippen MR) is 124 cm³/mol. The van der Waals surface area contributed by atoms with E-state index in [1.165, 1.54) is 4.90 Å². The number of nitrogens with zero attached hydrogens (tertiary/aromatic N) is 2. The minimum atomic E-state index is -0.552. The van der Waals surface area contributed by atoms with Crippen LogP contribution in [0.1, 0.15) is 31.2 Å². The van der Waals surface area contributed by atoms with Gasteiger partial charge in [0, 0.05) is 18.7 Å². The Hall–Kier alpha value is -3.48. The number of carbonyl (C=O) groups excluding carboxylic acids is 4. The van der Waals surface area contributed by atoms with E-state index in [0.717, 1.165) is 24.9 Å². The molecule has 0 N–H and O–H groups in total. The molecular weight excluding hydrogens is 432 g/mol. The van der Waals surface area contributed by atoms with Gasteiger partial charge in [0.2, 0.25) is 17.7 Å². The summed E-state index contributed by atoms with van der Waals surface area (Å²) < 4.78 is 5.60. The van der Waals surface area contributed by atoms with Gasteiger partial charge >= 0.3 is 5.97 Å². The minimum Gasteiger partial charge on any atom is -0.426 e. The molecule has 2 saturated heterocycles. The molecule has 2 heterocycles. The number of imide groups is 1. The number of hydrogen-bond donors (Lipinski definition) is 0. The number of anilines is 2. The molecule has 4 aliphatic rings. The molecule has 3 amide bonds. The second-order valence-corrected chi connectivity index (χ2v) is 10.0. The number of esters is 1. The average molecular weight is 459 g/mol. The smallest absolute Gasteiger partial charge is 0.316 e. The van der Waals surface area contributed by atoms with Crippen LogP contribution in [-0.4, -0.2) is 30.2 Å². The summed E-state index contributed by atoms with van der Waals surface area (Å²) in [5.74, 6) is -0.612. The van der Waals surface area contributed by atoms with Gasteiger partial charge < -0.3 is 9.64 Å². The number of amides is 3. The monoisotopic (exact) mass is 458 g/mol. The fourth-order valence-corrected chi connectivity index (χ4v) is 6.51. The Morgan fingerprint density at radius 2 is 1.62 bits per heavy atom. The van der Waals surface area contributed by atoms with E-state index in [1.807, 2.05) is 37.3 Å². The SMILES string of the molecule is Cc1cc(OC(=O)[C@@H]2CC(=O)N(c3ccccc3)C2)ccc1N1C(=O)[C@@H]2[C@H]3CC[C@@H](C3)[C@@H]2C1=O. The molecule has 2 aliphatic carbocycles. The van der Waals surface area contributed by atoms with Crippen molar-refractivity contribution in [3.63, 3.8) is 0 Å². The fourth-order valence-electron chi connectivity index (χ4n) is 6.51. The molecule has 2 saturated carbocycles. The molecule has 2 aromatic carbocycles. The number of fused-ring (bicyclic) bond motifs is 5. The molecule has 0 aromatic heterocycles. The van der Waals surface area contributed by atoms with Crippen LogP contribution >= 0.6 is 0 Å². The molecule has 7 heteroatoms. The standard InChI is InChI=1S/C27H26N2O5/c1-15-11-20(34-27(33)18-13-22(30)28(14-18)19-5-3-2-4-6-19)9-10-21(15)29-25(31)23-16-7-8-17(12-16)24(23)26(29)32/h2-6,9-11,16-18,23-24H,7-8,12-14H2,1H3/t16-,17-,18+,23-,24+/m0/s1. The van der Waals surface area contributed by atoms with Gasteiger partial charge in [-0.05, 0) is 73.9 Å². The molecule has 0 unspecified atom stereocenters. The number of para-hydroxylation sites is 1. The number of aryl methyl sites for hydroxylation is 1. The predicted octanol–water partition coefficient (Wildman–Crippen LogP) is 3.49. The number of benzene rings is 2. The van der Waals surface area contributed by atoms with E-state index >= 15 is 0 Å². The lowest BCUT2D eigenvalue weighted by Gasteiger charge is -2.20. The van der Waals surface area contributed by atoms with Gasteiger partial charge in [-0.3, -0.25) is 19.2 Å². The zero-order valence-corrected chi connectivity index (χ0v) is 19.0. The van der Waals surface area contributed by atoms with Crippen molar-refractivity contribution in [1.82, 2.24) is 0 Å². The fraction of sp³-hybridized carbons (Fsp3) is 0.407. The number of hydrogen-bond acceptors (Lipinski definition) is 5. The Bertz CT molecular complexity index is 1180. The molecule has 7 nitrogen and oxygen atoms in total. The van der Waals surface area contributed by atoms with E-state index < -0.39 is 11.9 Å². The van der Waals surface area contributed by atoms with Gasteiger partial charge in [-0.25, -0.2) is 4.90 Å². The van der Waals surface area contributed by atoms with Gasteiger partial charge in [0.15, 0.2) is 0 Å². The van der Waals surface area contributed by atoms with Crippen molar-refractivity contribution < 1.29 is 23.9 Å². The third-order valence-electron chi connectivity index (χ3n) is 8.08. The summed E-state index contributed by atoms with van der Waals surface area (Å²) in [7, 11) is 0. The van der Waals surface area contributed by atoms with Gasteiger partial charge in [0.25, 0.3) is 0 Å². The second kappa shape index (κ2) is 7.79. The highest BCUT2D eigenvalue weighted by Gasteiger charge is 2.61. The Kier molecular flexibility index (Phi) is 4.83. The van der Waals surface area contributed by atoms with Crippen LogP contribution < -0.4 is 14.5 Å². The van der Waals surface area contributed by atoms with Gasteiger partial charge in [0.1, 0.15) is 5.75 Å². The first-order valence-corrected chi connectivity index (χ1v) is 12.0. The molecule has 5 atom stereocenters. The third kappa shape index (κ3) is 3.17. The summed E-state index contributed by atoms with van der Waals surface area (Å²) in [6.07, 6.45) is 3.18. The second-order valence-electron chi connectivity index (χ2n) is 10.0. The Morgan fingerprint density at radius 1 is 0.941 bits per heavy atom. The van der Waals surface area contributed by atoms with Crippen molar-refractivity contribution in [3.05, 3.63) is 54.1 Å². The van der Waals surface area contributed by atoms with Crippen molar-refractivity contribution in [3.8, 4) is 5.75 Å². The summed E-state index contributed by atoms with van der Waals surface area (Å²) in [5.41, 5.74) is 2.03. The molecule has 2 bridgehead atoms. The van der Waals surface area contributed by atoms with Crippen LogP contribution in [0.25, 0.3) is 0 Å². The summed E-state index contributed by atoms with van der Waals surface area (Å²) in [4.78, 5) is 54.5. The van der Waals surface area contributed by atoms with Crippen molar-refractivity contribution in [1.29, 1.82) is 0 Å². The van der Waals surface area contributed by atoms with Crippen molar-refractivity contribution in [2.24, 2.45) is 29.6 Å². The number of rotatable bonds is 4. The number of ether oxygens (including phenoxy) is 1. The van der Waals surface area contributed by atoms with Crippen LogP contribution in [0.15, 0.2) is 48.5 Å². The highest BCUT2D eigenvalue weighted by molar-refractivity contribution is 6.23. The van der Waals surface area contributed by atoms with Gasteiger partial charge in [0.05, 0.1) is 23.4 Å². The Labute approximate surface area is 197 Å². The lowest BCUT2D eigenvalue weighted by Crippen LogP contribution is -2.33. The van der Waals surface area contributed by atoms with Crippen molar-refractivity contribution in [2.45, 2.75) is 32.6 Å². The van der Waals surface area contributed by atoms with E-state index in [2.05, 4.69) is 0 Å². The van der Waals surface area contributed by atoms with Gasteiger partial charge in [-0.15, -0.1) is 0 Å². The quantitative estimate of drug-likeness (QED) is 0.398. The molecule has 0 spiro atoms. The first-order valence-electron chi connectivity index (χ1n) is 12.0. The molecule has 2 aromatic rings. The van der Waals surface area contributed by atoms with Crippen molar-refractivity contribution >= 4 is 35.1 Å². The lowest BCUT2D eigenvalue weighted by atomic mass is 9.81. The summed E-state index contributed by atoms with van der Waals surface area (Å²) in [6.45, 7) is 2.09. The average Bonchev–Trinajstić information content (AvgIpc) is 3.59. The maximum absolute atomic E-state index is 13.1. The highest BCUT2D eigenvalue weighted by Crippen LogP contribution is 2.56. The molecule has 174 valence electrons. The Morgan fingerprint density at radius 3 is 2.26 bits per heavy atom. The van der Waals surface area contributed by atoms with E-state index in [4.69, 9.17) is 4.74 Å². The largest absolute Gasteiger partial charge is 0.426 e. The van der Waals surface area contributed by atoms with E-state index in [1.54, 1.807) is 23.1 Å². The summed E-state index contributed by atoms with van der Waals surface area (Å²) >= 11 is 0. The van der Waals surface area contributed by atoms with E-state index in [-0.39, 0.29) is 42.5 Å². The molecule has 2 aliphatic heterocycles. The highest BCUT2D eigenvalue weighted by atomic mass is 16.5. The van der Waals surface area contributed by atoms with Crippen LogP contribution in [0, 0.1) is 36.5 Å².